The summed E-state index contributed by atoms with van der Waals surface area (Å²) in [5.41, 5.74) is 2.63. The van der Waals surface area contributed by atoms with Crippen molar-refractivity contribution in [2.45, 2.75) is 6.42 Å². The summed E-state index contributed by atoms with van der Waals surface area (Å²) < 4.78 is 6.71. The van der Waals surface area contributed by atoms with Crippen LogP contribution in [0.5, 0.6) is 0 Å². The Bertz CT molecular complexity index is 702. The molecule has 0 radical (unpaired) electrons. The topological polar surface area (TPSA) is 60.1 Å². The molecule has 3 rings (SSSR count). The molecule has 21 heavy (non-hydrogen) atoms. The molecule has 1 N–H and O–H groups in total. The van der Waals surface area contributed by atoms with Gasteiger partial charge in [-0.05, 0) is 30.2 Å². The first-order chi connectivity index (χ1) is 10.3. The lowest BCUT2D eigenvalue weighted by Crippen LogP contribution is -2.25. The van der Waals surface area contributed by atoms with Crippen molar-refractivity contribution in [2.75, 3.05) is 6.54 Å². The number of para-hydroxylation sites is 1. The minimum Gasteiger partial charge on any atom is -0.472 e. The van der Waals surface area contributed by atoms with E-state index in [0.717, 1.165) is 17.7 Å². The molecule has 5 heteroatoms. The van der Waals surface area contributed by atoms with Crippen molar-refractivity contribution in [1.29, 1.82) is 0 Å². The fourth-order valence-corrected chi connectivity index (χ4v) is 2.03. The van der Waals surface area contributed by atoms with Crippen LogP contribution in [0.3, 0.4) is 0 Å². The maximum Gasteiger partial charge on any atom is 0.254 e. The molecule has 1 amide bonds. The highest BCUT2D eigenvalue weighted by molar-refractivity contribution is 5.93. The lowest BCUT2D eigenvalue weighted by Gasteiger charge is -2.02. The van der Waals surface area contributed by atoms with Crippen LogP contribution in [0, 0.1) is 0 Å². The van der Waals surface area contributed by atoms with Crippen molar-refractivity contribution in [1.82, 2.24) is 15.1 Å². The molecule has 0 spiro atoms. The summed E-state index contributed by atoms with van der Waals surface area (Å²) in [6.45, 7) is 0.560. The van der Waals surface area contributed by atoms with Gasteiger partial charge in [0.1, 0.15) is 6.26 Å². The number of furan rings is 1. The maximum absolute atomic E-state index is 11.7. The van der Waals surface area contributed by atoms with E-state index in [2.05, 4.69) is 10.4 Å². The molecule has 0 bridgehead atoms. The van der Waals surface area contributed by atoms with Crippen LogP contribution in [0.1, 0.15) is 15.9 Å². The van der Waals surface area contributed by atoms with Gasteiger partial charge < -0.3 is 9.73 Å². The lowest BCUT2D eigenvalue weighted by atomic mass is 10.2. The molecule has 0 aliphatic carbocycles. The molecule has 0 saturated heterocycles. The van der Waals surface area contributed by atoms with Crippen LogP contribution in [0.4, 0.5) is 0 Å². The zero-order chi connectivity index (χ0) is 14.5. The highest BCUT2D eigenvalue weighted by Crippen LogP contribution is 2.08. The van der Waals surface area contributed by atoms with Crippen LogP contribution in [-0.4, -0.2) is 22.2 Å². The molecular formula is C16H15N3O2. The van der Waals surface area contributed by atoms with Gasteiger partial charge in [0, 0.05) is 12.7 Å². The number of carbonyl (C=O) groups excluding carboxylic acids is 1. The summed E-state index contributed by atoms with van der Waals surface area (Å²) in [6, 6.07) is 11.6. The summed E-state index contributed by atoms with van der Waals surface area (Å²) in [7, 11) is 0. The van der Waals surface area contributed by atoms with Crippen molar-refractivity contribution in [3.8, 4) is 5.69 Å². The molecule has 0 saturated carbocycles. The Kier molecular flexibility index (Phi) is 3.82. The number of nitrogens with zero attached hydrogens (tertiary/aromatic N) is 2. The number of benzene rings is 1. The number of carbonyl (C=O) groups is 1. The van der Waals surface area contributed by atoms with E-state index in [9.17, 15) is 4.79 Å². The van der Waals surface area contributed by atoms with E-state index in [1.54, 1.807) is 6.07 Å². The quantitative estimate of drug-likeness (QED) is 0.781. The third kappa shape index (κ3) is 3.20. The fraction of sp³-hybridized carbons (Fsp3) is 0.125. The van der Waals surface area contributed by atoms with Crippen molar-refractivity contribution in [3.63, 3.8) is 0 Å². The van der Waals surface area contributed by atoms with Gasteiger partial charge in [0.15, 0.2) is 0 Å². The Morgan fingerprint density at radius 1 is 1.24 bits per heavy atom. The van der Waals surface area contributed by atoms with E-state index in [0.29, 0.717) is 12.1 Å². The minimum absolute atomic E-state index is 0.126. The second-order valence-corrected chi connectivity index (χ2v) is 4.65. The standard InChI is InChI=1S/C16H15N3O2/c20-16(14-7-9-21-12-14)17-8-6-13-10-18-19(11-13)15-4-2-1-3-5-15/h1-5,7,9-12H,6,8H2,(H,17,20). The number of hydrogen-bond donors (Lipinski definition) is 1. The predicted octanol–water partition coefficient (Wildman–Crippen LogP) is 2.44. The van der Waals surface area contributed by atoms with E-state index < -0.39 is 0 Å². The predicted molar refractivity (Wildman–Crippen MR) is 78.3 cm³/mol. The third-order valence-corrected chi connectivity index (χ3v) is 3.14. The van der Waals surface area contributed by atoms with E-state index in [1.165, 1.54) is 12.5 Å². The molecule has 3 aromatic rings. The van der Waals surface area contributed by atoms with Gasteiger partial charge in [-0.1, -0.05) is 18.2 Å². The van der Waals surface area contributed by atoms with Crippen molar-refractivity contribution >= 4 is 5.91 Å². The average Bonchev–Trinajstić information content (AvgIpc) is 3.20. The van der Waals surface area contributed by atoms with Crippen LogP contribution in [-0.2, 0) is 6.42 Å². The number of nitrogens with one attached hydrogen (secondary N) is 1. The van der Waals surface area contributed by atoms with Gasteiger partial charge in [0.2, 0.25) is 0 Å². The second kappa shape index (κ2) is 6.09. The van der Waals surface area contributed by atoms with Crippen molar-refractivity contribution in [2.24, 2.45) is 0 Å². The Balaban J connectivity index is 1.55. The minimum atomic E-state index is -0.126. The first-order valence-corrected chi connectivity index (χ1v) is 6.72. The Labute approximate surface area is 122 Å². The SMILES string of the molecule is O=C(NCCc1cnn(-c2ccccc2)c1)c1ccoc1. The molecule has 106 valence electrons. The van der Waals surface area contributed by atoms with Crippen LogP contribution >= 0.6 is 0 Å². The molecule has 5 nitrogen and oxygen atoms in total. The van der Waals surface area contributed by atoms with Gasteiger partial charge in [-0.15, -0.1) is 0 Å². The van der Waals surface area contributed by atoms with Gasteiger partial charge in [0.05, 0.1) is 23.7 Å². The highest BCUT2D eigenvalue weighted by atomic mass is 16.3. The van der Waals surface area contributed by atoms with E-state index in [1.807, 2.05) is 47.4 Å². The number of amides is 1. The van der Waals surface area contributed by atoms with Gasteiger partial charge in [-0.3, -0.25) is 4.79 Å². The molecular weight excluding hydrogens is 266 g/mol. The Morgan fingerprint density at radius 3 is 2.86 bits per heavy atom. The molecule has 0 fully saturated rings. The molecule has 1 aromatic carbocycles. The Morgan fingerprint density at radius 2 is 2.10 bits per heavy atom. The molecule has 0 aliphatic heterocycles. The number of rotatable bonds is 5. The normalized spacial score (nSPS) is 10.5. The molecule has 0 aliphatic rings. The summed E-state index contributed by atoms with van der Waals surface area (Å²) in [5.74, 6) is -0.126. The maximum atomic E-state index is 11.7. The summed E-state index contributed by atoms with van der Waals surface area (Å²) in [4.78, 5) is 11.7. The van der Waals surface area contributed by atoms with Crippen molar-refractivity contribution in [3.05, 3.63) is 72.4 Å². The molecule has 2 heterocycles. The third-order valence-electron chi connectivity index (χ3n) is 3.14. The van der Waals surface area contributed by atoms with Crippen LogP contribution in [0.25, 0.3) is 5.69 Å². The van der Waals surface area contributed by atoms with Gasteiger partial charge in [0.25, 0.3) is 5.91 Å². The zero-order valence-corrected chi connectivity index (χ0v) is 11.4. The smallest absolute Gasteiger partial charge is 0.254 e. The first kappa shape index (κ1) is 13.2. The fourth-order valence-electron chi connectivity index (χ4n) is 2.03. The van der Waals surface area contributed by atoms with Gasteiger partial charge in [-0.25, -0.2) is 4.68 Å². The summed E-state index contributed by atoms with van der Waals surface area (Å²) in [5, 5.41) is 7.17. The Hall–Kier alpha value is -2.82. The van der Waals surface area contributed by atoms with E-state index >= 15 is 0 Å². The second-order valence-electron chi connectivity index (χ2n) is 4.65. The number of aromatic nitrogens is 2. The summed E-state index contributed by atoms with van der Waals surface area (Å²) >= 11 is 0. The van der Waals surface area contributed by atoms with E-state index in [4.69, 9.17) is 4.42 Å². The highest BCUT2D eigenvalue weighted by Gasteiger charge is 2.06. The summed E-state index contributed by atoms with van der Waals surface area (Å²) in [6.07, 6.45) is 7.44. The van der Waals surface area contributed by atoms with E-state index in [-0.39, 0.29) is 5.91 Å². The molecule has 0 unspecified atom stereocenters. The number of hydrogen-bond acceptors (Lipinski definition) is 3. The molecule has 2 aromatic heterocycles. The largest absolute Gasteiger partial charge is 0.472 e. The van der Waals surface area contributed by atoms with Crippen LogP contribution < -0.4 is 5.32 Å². The zero-order valence-electron chi connectivity index (χ0n) is 11.4. The first-order valence-electron chi connectivity index (χ1n) is 6.72. The van der Waals surface area contributed by atoms with Crippen LogP contribution in [0.15, 0.2) is 65.7 Å². The average molecular weight is 281 g/mol. The van der Waals surface area contributed by atoms with Crippen LogP contribution in [0.2, 0.25) is 0 Å². The van der Waals surface area contributed by atoms with Gasteiger partial charge in [-0.2, -0.15) is 5.10 Å². The monoisotopic (exact) mass is 281 g/mol. The van der Waals surface area contributed by atoms with Gasteiger partial charge >= 0.3 is 0 Å². The van der Waals surface area contributed by atoms with Crippen molar-refractivity contribution < 1.29 is 9.21 Å². The molecule has 0 atom stereocenters. The lowest BCUT2D eigenvalue weighted by molar-refractivity contribution is 0.0953.